The molecule has 0 fully saturated rings. The molecule has 0 saturated heterocycles. The number of hydrogen-bond acceptors (Lipinski definition) is 2. The standard InChI is InChI=1S/C12H10S.CH2O3/c1-3-7-11(8-4-1)13-12-9-5-2-6-10-12;2-1(3)4/h1-10H;(H2,2,3,4). The van der Waals surface area contributed by atoms with Crippen LogP contribution in [0, 0.1) is 0 Å². The normalized spacial score (nSPS) is 8.94. The highest BCUT2D eigenvalue weighted by Gasteiger charge is 1.93. The highest BCUT2D eigenvalue weighted by Crippen LogP contribution is 2.26. The first-order valence-corrected chi connectivity index (χ1v) is 5.70. The van der Waals surface area contributed by atoms with Crippen molar-refractivity contribution in [1.29, 1.82) is 0 Å². The quantitative estimate of drug-likeness (QED) is 0.841. The van der Waals surface area contributed by atoms with Crippen LogP contribution in [0.2, 0.25) is 0 Å². The Balaban J connectivity index is 0.000000317. The number of carboxylic acid groups (broad SMARTS) is 2. The number of rotatable bonds is 2. The Morgan fingerprint density at radius 1 is 0.765 bits per heavy atom. The molecule has 0 unspecified atom stereocenters. The van der Waals surface area contributed by atoms with Gasteiger partial charge in [-0.15, -0.1) is 0 Å². The van der Waals surface area contributed by atoms with Gasteiger partial charge in [0.05, 0.1) is 0 Å². The monoisotopic (exact) mass is 248 g/mol. The summed E-state index contributed by atoms with van der Waals surface area (Å²) in [4.78, 5) is 11.1. The molecule has 0 bridgehead atoms. The lowest BCUT2D eigenvalue weighted by molar-refractivity contribution is 0.137. The molecule has 3 nitrogen and oxygen atoms in total. The summed E-state index contributed by atoms with van der Waals surface area (Å²) in [6.07, 6.45) is -1.83. The highest BCUT2D eigenvalue weighted by molar-refractivity contribution is 7.99. The van der Waals surface area contributed by atoms with Gasteiger partial charge in [-0.05, 0) is 24.3 Å². The lowest BCUT2D eigenvalue weighted by atomic mass is 10.4. The van der Waals surface area contributed by atoms with E-state index in [1.54, 1.807) is 11.8 Å². The smallest absolute Gasteiger partial charge is 0.450 e. The SMILES string of the molecule is O=C(O)O.c1ccc(Sc2ccccc2)cc1. The molecule has 0 radical (unpaired) electrons. The summed E-state index contributed by atoms with van der Waals surface area (Å²) in [7, 11) is 0. The largest absolute Gasteiger partial charge is 0.503 e. The van der Waals surface area contributed by atoms with Crippen molar-refractivity contribution in [3.63, 3.8) is 0 Å². The molecule has 0 aromatic heterocycles. The summed E-state index contributed by atoms with van der Waals surface area (Å²) >= 11 is 1.79. The maximum atomic E-state index is 8.56. The van der Waals surface area contributed by atoms with Gasteiger partial charge < -0.3 is 10.2 Å². The van der Waals surface area contributed by atoms with Gasteiger partial charge in [-0.1, -0.05) is 48.2 Å². The third-order valence-corrected chi connectivity index (χ3v) is 2.74. The van der Waals surface area contributed by atoms with Crippen molar-refractivity contribution in [2.24, 2.45) is 0 Å². The van der Waals surface area contributed by atoms with Crippen LogP contribution in [0.3, 0.4) is 0 Å². The van der Waals surface area contributed by atoms with Crippen LogP contribution in [0.1, 0.15) is 0 Å². The molecule has 0 spiro atoms. The Labute approximate surface area is 104 Å². The van der Waals surface area contributed by atoms with E-state index >= 15 is 0 Å². The van der Waals surface area contributed by atoms with E-state index in [1.807, 2.05) is 12.1 Å². The number of hydrogen-bond donors (Lipinski definition) is 2. The fourth-order valence-electron chi connectivity index (χ4n) is 1.11. The molecule has 0 aliphatic heterocycles. The van der Waals surface area contributed by atoms with E-state index in [2.05, 4.69) is 48.5 Å². The van der Waals surface area contributed by atoms with Crippen molar-refractivity contribution in [1.82, 2.24) is 0 Å². The van der Waals surface area contributed by atoms with Crippen LogP contribution in [0.5, 0.6) is 0 Å². The Kier molecular flexibility index (Phi) is 5.68. The third-order valence-electron chi connectivity index (χ3n) is 1.72. The van der Waals surface area contributed by atoms with Crippen molar-refractivity contribution in [2.45, 2.75) is 9.79 Å². The summed E-state index contributed by atoms with van der Waals surface area (Å²) in [5.41, 5.74) is 0. The average molecular weight is 248 g/mol. The Morgan fingerprint density at radius 2 is 1.06 bits per heavy atom. The lowest BCUT2D eigenvalue weighted by Gasteiger charge is -1.99. The maximum absolute atomic E-state index is 8.56. The molecule has 2 N–H and O–H groups in total. The zero-order chi connectivity index (χ0) is 12.5. The zero-order valence-electron chi connectivity index (χ0n) is 8.98. The first-order valence-electron chi connectivity index (χ1n) is 4.88. The van der Waals surface area contributed by atoms with Crippen molar-refractivity contribution in [3.05, 3.63) is 60.7 Å². The van der Waals surface area contributed by atoms with Gasteiger partial charge >= 0.3 is 6.16 Å². The second-order valence-electron chi connectivity index (χ2n) is 3.01. The van der Waals surface area contributed by atoms with Gasteiger partial charge in [0.15, 0.2) is 0 Å². The Hall–Kier alpha value is -1.94. The van der Waals surface area contributed by atoms with E-state index in [4.69, 9.17) is 15.0 Å². The molecule has 2 aromatic carbocycles. The zero-order valence-corrected chi connectivity index (χ0v) is 9.80. The van der Waals surface area contributed by atoms with E-state index in [1.165, 1.54) is 9.79 Å². The predicted octanol–water partition coefficient (Wildman–Crippen LogP) is 4.06. The van der Waals surface area contributed by atoms with Crippen LogP contribution < -0.4 is 0 Å². The molecule has 2 aromatic rings. The van der Waals surface area contributed by atoms with Gasteiger partial charge in [0.1, 0.15) is 0 Å². The van der Waals surface area contributed by atoms with Gasteiger partial charge in [0.25, 0.3) is 0 Å². The Bertz CT molecular complexity index is 401. The van der Waals surface area contributed by atoms with E-state index in [0.717, 1.165) is 0 Å². The highest BCUT2D eigenvalue weighted by atomic mass is 32.2. The molecule has 0 aliphatic carbocycles. The van der Waals surface area contributed by atoms with Crippen LogP contribution in [0.25, 0.3) is 0 Å². The first-order chi connectivity index (χ1) is 8.18. The molecule has 0 atom stereocenters. The molecule has 0 aliphatic rings. The van der Waals surface area contributed by atoms with Crippen LogP contribution in [-0.4, -0.2) is 16.4 Å². The van der Waals surface area contributed by atoms with Gasteiger partial charge in [-0.25, -0.2) is 4.79 Å². The average Bonchev–Trinajstić information content (AvgIpc) is 2.31. The van der Waals surface area contributed by atoms with Crippen LogP contribution in [0.4, 0.5) is 4.79 Å². The third kappa shape index (κ3) is 6.27. The summed E-state index contributed by atoms with van der Waals surface area (Å²) in [5, 5.41) is 13.9. The first kappa shape index (κ1) is 13.1. The van der Waals surface area contributed by atoms with Crippen molar-refractivity contribution < 1.29 is 15.0 Å². The van der Waals surface area contributed by atoms with E-state index in [9.17, 15) is 0 Å². The van der Waals surface area contributed by atoms with Gasteiger partial charge in [-0.2, -0.15) is 0 Å². The minimum Gasteiger partial charge on any atom is -0.450 e. The maximum Gasteiger partial charge on any atom is 0.503 e. The van der Waals surface area contributed by atoms with Gasteiger partial charge in [-0.3, -0.25) is 0 Å². The van der Waals surface area contributed by atoms with E-state index in [0.29, 0.717) is 0 Å². The number of benzene rings is 2. The Morgan fingerprint density at radius 3 is 1.35 bits per heavy atom. The molecule has 17 heavy (non-hydrogen) atoms. The fraction of sp³-hybridized carbons (Fsp3) is 0. The summed E-state index contributed by atoms with van der Waals surface area (Å²) in [6, 6.07) is 20.8. The van der Waals surface area contributed by atoms with Crippen LogP contribution in [0.15, 0.2) is 70.5 Å². The van der Waals surface area contributed by atoms with Crippen molar-refractivity contribution in [3.8, 4) is 0 Å². The molecule has 0 saturated carbocycles. The van der Waals surface area contributed by atoms with Crippen molar-refractivity contribution >= 4 is 17.9 Å². The molecular formula is C13H12O3S. The van der Waals surface area contributed by atoms with E-state index in [-0.39, 0.29) is 0 Å². The van der Waals surface area contributed by atoms with Crippen LogP contribution >= 0.6 is 11.8 Å². The second kappa shape index (κ2) is 7.35. The molecule has 2 rings (SSSR count). The summed E-state index contributed by atoms with van der Waals surface area (Å²) in [6.45, 7) is 0. The lowest BCUT2D eigenvalue weighted by Crippen LogP contribution is -1.81. The fourth-order valence-corrected chi connectivity index (χ4v) is 1.97. The van der Waals surface area contributed by atoms with E-state index < -0.39 is 6.16 Å². The van der Waals surface area contributed by atoms with Gasteiger partial charge in [0, 0.05) is 9.79 Å². The molecular weight excluding hydrogens is 236 g/mol. The van der Waals surface area contributed by atoms with Gasteiger partial charge in [0.2, 0.25) is 0 Å². The summed E-state index contributed by atoms with van der Waals surface area (Å²) < 4.78 is 0. The molecule has 4 heteroatoms. The van der Waals surface area contributed by atoms with Crippen molar-refractivity contribution in [2.75, 3.05) is 0 Å². The van der Waals surface area contributed by atoms with Crippen LogP contribution in [-0.2, 0) is 0 Å². The number of carbonyl (C=O) groups is 1. The predicted molar refractivity (Wildman–Crippen MR) is 67.7 cm³/mol. The minimum absolute atomic E-state index is 1.29. The molecule has 0 amide bonds. The second-order valence-corrected chi connectivity index (χ2v) is 4.16. The topological polar surface area (TPSA) is 57.5 Å². The molecule has 0 heterocycles. The molecule has 88 valence electrons. The summed E-state index contributed by atoms with van der Waals surface area (Å²) in [5.74, 6) is 0. The minimum atomic E-state index is -1.83.